The fourth-order valence-corrected chi connectivity index (χ4v) is 10.8. The molecule has 2 aliphatic rings. The zero-order chi connectivity index (χ0) is 42.2. The van der Waals surface area contributed by atoms with E-state index in [9.17, 15) is 0 Å². The van der Waals surface area contributed by atoms with Crippen molar-refractivity contribution >= 4 is 38.9 Å². The number of benzene rings is 10. The zero-order valence-corrected chi connectivity index (χ0v) is 34.9. The maximum absolute atomic E-state index is 6.62. The largest absolute Gasteiger partial charge is 0.457 e. The van der Waals surface area contributed by atoms with Crippen molar-refractivity contribution in [3.63, 3.8) is 0 Å². The first-order valence-electron chi connectivity index (χ1n) is 22.0. The van der Waals surface area contributed by atoms with E-state index in [-0.39, 0.29) is 0 Å². The zero-order valence-electron chi connectivity index (χ0n) is 34.9. The maximum atomic E-state index is 6.62. The van der Waals surface area contributed by atoms with Crippen molar-refractivity contribution in [2.24, 2.45) is 0 Å². The molecule has 13 rings (SSSR count). The summed E-state index contributed by atoms with van der Waals surface area (Å²) in [7, 11) is 0. The van der Waals surface area contributed by atoms with Crippen LogP contribution in [0.3, 0.4) is 0 Å². The van der Waals surface area contributed by atoms with Crippen LogP contribution in [0.15, 0.2) is 243 Å². The number of anilines is 3. The molecule has 0 N–H and O–H groups in total. The van der Waals surface area contributed by atoms with Crippen LogP contribution in [0, 0.1) is 0 Å². The third-order valence-corrected chi connectivity index (χ3v) is 13.5. The average molecular weight is 817 g/mol. The van der Waals surface area contributed by atoms with Gasteiger partial charge in [0.05, 0.1) is 22.1 Å². The highest BCUT2D eigenvalue weighted by Crippen LogP contribution is 2.62. The van der Waals surface area contributed by atoms with Crippen LogP contribution in [0.25, 0.3) is 60.9 Å². The second-order valence-electron chi connectivity index (χ2n) is 16.8. The van der Waals surface area contributed by atoms with Crippen LogP contribution in [-0.4, -0.2) is 4.57 Å². The molecule has 1 spiro atoms. The molecule has 0 radical (unpaired) electrons. The molecule has 0 unspecified atom stereocenters. The molecule has 0 bridgehead atoms. The maximum Gasteiger partial charge on any atom is 0.132 e. The number of ether oxygens (including phenoxy) is 1. The lowest BCUT2D eigenvalue weighted by Crippen LogP contribution is -2.32. The van der Waals surface area contributed by atoms with Crippen LogP contribution >= 0.6 is 0 Å². The van der Waals surface area contributed by atoms with Crippen LogP contribution in [0.4, 0.5) is 17.1 Å². The van der Waals surface area contributed by atoms with E-state index < -0.39 is 5.41 Å². The highest BCUT2D eigenvalue weighted by atomic mass is 16.5. The average Bonchev–Trinajstić information content (AvgIpc) is 3.85. The Balaban J connectivity index is 0.984. The first-order valence-corrected chi connectivity index (χ1v) is 22.0. The number of rotatable bonds is 6. The Morgan fingerprint density at radius 1 is 0.344 bits per heavy atom. The third kappa shape index (κ3) is 5.34. The fourth-order valence-electron chi connectivity index (χ4n) is 10.8. The molecule has 1 aliphatic heterocycles. The van der Waals surface area contributed by atoms with E-state index in [1.54, 1.807) is 0 Å². The summed E-state index contributed by atoms with van der Waals surface area (Å²) in [5.41, 5.74) is 18.3. The lowest BCUT2D eigenvalue weighted by molar-refractivity contribution is 0.436. The fraction of sp³-hybridized carbons (Fsp3) is 0.0164. The summed E-state index contributed by atoms with van der Waals surface area (Å²) in [5, 5.41) is 2.49. The normalized spacial score (nSPS) is 12.9. The summed E-state index contributed by atoms with van der Waals surface area (Å²) in [5.74, 6) is 1.79. The van der Waals surface area contributed by atoms with E-state index in [1.807, 2.05) is 0 Å². The molecule has 0 fully saturated rings. The van der Waals surface area contributed by atoms with Gasteiger partial charge in [-0.3, -0.25) is 0 Å². The molecule has 1 aliphatic carbocycles. The Morgan fingerprint density at radius 2 is 0.906 bits per heavy atom. The Morgan fingerprint density at radius 3 is 1.67 bits per heavy atom. The van der Waals surface area contributed by atoms with Crippen LogP contribution in [0.5, 0.6) is 11.5 Å². The second kappa shape index (κ2) is 14.3. The minimum absolute atomic E-state index is 0.529. The van der Waals surface area contributed by atoms with Crippen LogP contribution in [0.1, 0.15) is 22.3 Å². The standard InChI is InChI=1S/C61H40N2O/c1-3-17-42(18-4-1)47-21-8-13-27-56(47)62(45-34-31-41(32-35-45)43-33-38-58-51(39-43)49-23-9-14-28-57(49)63(58)44-19-5-2-6-20-44)46-36-37-53-50(40-46)48-22-7-10-24-52(48)61(53)54-25-11-15-29-59(54)64-60-30-16-12-26-55(60)61/h1-40H. The summed E-state index contributed by atoms with van der Waals surface area (Å²) in [6, 6.07) is 88.1. The summed E-state index contributed by atoms with van der Waals surface area (Å²) >= 11 is 0. The number of nitrogens with zero attached hydrogens (tertiary/aromatic N) is 2. The second-order valence-corrected chi connectivity index (χ2v) is 16.8. The van der Waals surface area contributed by atoms with Crippen molar-refractivity contribution < 1.29 is 4.74 Å². The molecule has 3 heteroatoms. The van der Waals surface area contributed by atoms with Gasteiger partial charge < -0.3 is 14.2 Å². The number of para-hydroxylation sites is 5. The van der Waals surface area contributed by atoms with Crippen molar-refractivity contribution in [3.05, 3.63) is 265 Å². The Kier molecular flexibility index (Phi) is 8.13. The number of hydrogen-bond donors (Lipinski definition) is 0. The molecule has 3 nitrogen and oxygen atoms in total. The summed E-state index contributed by atoms with van der Waals surface area (Å²) in [6.45, 7) is 0. The lowest BCUT2D eigenvalue weighted by atomic mass is 9.66. The van der Waals surface area contributed by atoms with Gasteiger partial charge in [0.1, 0.15) is 11.5 Å². The Labute approximate surface area is 372 Å². The van der Waals surface area contributed by atoms with Crippen LogP contribution < -0.4 is 9.64 Å². The molecule has 11 aromatic rings. The first kappa shape index (κ1) is 36.3. The predicted molar refractivity (Wildman–Crippen MR) is 264 cm³/mol. The number of hydrogen-bond acceptors (Lipinski definition) is 2. The van der Waals surface area contributed by atoms with E-state index in [4.69, 9.17) is 4.74 Å². The SMILES string of the molecule is c1ccc(-c2ccccc2N(c2ccc(-c3ccc4c(c3)c3ccccc3n4-c3ccccc3)cc2)c2ccc3c(c2)-c2ccccc2C32c3ccccc3Oc3ccccc32)cc1. The third-order valence-electron chi connectivity index (χ3n) is 13.5. The topological polar surface area (TPSA) is 17.4 Å². The van der Waals surface area contributed by atoms with Gasteiger partial charge in [0.25, 0.3) is 0 Å². The quantitative estimate of drug-likeness (QED) is 0.166. The summed E-state index contributed by atoms with van der Waals surface area (Å²) in [4.78, 5) is 2.43. The number of fused-ring (bicyclic) bond motifs is 12. The van der Waals surface area contributed by atoms with Crippen molar-refractivity contribution in [3.8, 4) is 50.6 Å². The molecular formula is C61H40N2O. The van der Waals surface area contributed by atoms with Gasteiger partial charge in [0.15, 0.2) is 0 Å². The molecule has 64 heavy (non-hydrogen) atoms. The first-order chi connectivity index (χ1) is 31.8. The van der Waals surface area contributed by atoms with Gasteiger partial charge in [-0.1, -0.05) is 170 Å². The Bertz CT molecular complexity index is 3540. The molecule has 10 aromatic carbocycles. The minimum atomic E-state index is -0.529. The molecule has 2 heterocycles. The van der Waals surface area contributed by atoms with E-state index in [2.05, 4.69) is 252 Å². The minimum Gasteiger partial charge on any atom is -0.457 e. The van der Waals surface area contributed by atoms with Gasteiger partial charge in [-0.2, -0.15) is 0 Å². The van der Waals surface area contributed by atoms with E-state index in [0.29, 0.717) is 0 Å². The van der Waals surface area contributed by atoms with Crippen molar-refractivity contribution in [2.45, 2.75) is 5.41 Å². The summed E-state index contributed by atoms with van der Waals surface area (Å²) in [6.07, 6.45) is 0. The van der Waals surface area contributed by atoms with Gasteiger partial charge in [0.2, 0.25) is 0 Å². The lowest BCUT2D eigenvalue weighted by Gasteiger charge is -2.39. The molecule has 300 valence electrons. The van der Waals surface area contributed by atoms with Gasteiger partial charge in [0, 0.05) is 44.5 Å². The number of aromatic nitrogens is 1. The molecule has 0 amide bonds. The summed E-state index contributed by atoms with van der Waals surface area (Å²) < 4.78 is 8.99. The van der Waals surface area contributed by atoms with Gasteiger partial charge in [-0.15, -0.1) is 0 Å². The van der Waals surface area contributed by atoms with Crippen molar-refractivity contribution in [1.82, 2.24) is 4.57 Å². The van der Waals surface area contributed by atoms with Crippen LogP contribution in [-0.2, 0) is 5.41 Å². The predicted octanol–water partition coefficient (Wildman–Crippen LogP) is 16.1. The Hall–Kier alpha value is -8.40. The van der Waals surface area contributed by atoms with Crippen LogP contribution in [0.2, 0.25) is 0 Å². The monoisotopic (exact) mass is 816 g/mol. The van der Waals surface area contributed by atoms with E-state index >= 15 is 0 Å². The molecular weight excluding hydrogens is 777 g/mol. The van der Waals surface area contributed by atoms with Crippen molar-refractivity contribution in [1.29, 1.82) is 0 Å². The molecule has 1 aromatic heterocycles. The highest BCUT2D eigenvalue weighted by Gasteiger charge is 2.51. The molecule has 0 saturated heterocycles. The molecule has 0 atom stereocenters. The molecule has 0 saturated carbocycles. The van der Waals surface area contributed by atoms with Gasteiger partial charge in [-0.25, -0.2) is 0 Å². The van der Waals surface area contributed by atoms with E-state index in [0.717, 1.165) is 50.9 Å². The van der Waals surface area contributed by atoms with Crippen molar-refractivity contribution in [2.75, 3.05) is 4.90 Å². The highest BCUT2D eigenvalue weighted by molar-refractivity contribution is 6.10. The van der Waals surface area contributed by atoms with E-state index in [1.165, 1.54) is 60.8 Å². The van der Waals surface area contributed by atoms with Gasteiger partial charge >= 0.3 is 0 Å². The smallest absolute Gasteiger partial charge is 0.132 e. The van der Waals surface area contributed by atoms with Gasteiger partial charge in [-0.05, 0) is 112 Å².